The minimum Gasteiger partial charge on any atom is -0.310 e. The van der Waals surface area contributed by atoms with Crippen LogP contribution >= 0.6 is 0 Å². The Bertz CT molecular complexity index is 2770. The lowest BCUT2D eigenvalue weighted by molar-refractivity contribution is -0.0359. The molecule has 2 heteroatoms. The Morgan fingerprint density at radius 2 is 0.860 bits per heavy atom. The van der Waals surface area contributed by atoms with Crippen LogP contribution in [0.15, 0.2) is 194 Å². The highest BCUT2D eigenvalue weighted by Crippen LogP contribution is 2.84. The molecule has 4 saturated carbocycles. The van der Waals surface area contributed by atoms with Crippen LogP contribution in [0.4, 0.5) is 34.1 Å². The summed E-state index contributed by atoms with van der Waals surface area (Å²) in [6.45, 7) is 0. The Labute approximate surface area is 336 Å². The molecule has 3 bridgehead atoms. The van der Waals surface area contributed by atoms with Crippen molar-refractivity contribution in [3.63, 3.8) is 0 Å². The van der Waals surface area contributed by atoms with Gasteiger partial charge in [-0.05, 0) is 144 Å². The number of para-hydroxylation sites is 2. The van der Waals surface area contributed by atoms with Crippen molar-refractivity contribution in [1.29, 1.82) is 0 Å². The third-order valence-electron chi connectivity index (χ3n) is 15.0. The van der Waals surface area contributed by atoms with Gasteiger partial charge in [0.1, 0.15) is 0 Å². The second-order valence-corrected chi connectivity index (χ2v) is 17.7. The first-order valence-electron chi connectivity index (χ1n) is 21.0. The van der Waals surface area contributed by atoms with Crippen LogP contribution in [0.3, 0.4) is 0 Å². The second kappa shape index (κ2) is 12.4. The monoisotopic (exact) mass is 734 g/mol. The maximum atomic E-state index is 2.52. The van der Waals surface area contributed by atoms with Gasteiger partial charge in [-0.1, -0.05) is 133 Å². The SMILES string of the molecule is c1ccc(N(c2ccc(C34CC5CC6CC(c7ccc(N(c8ccccc8)c8cccc9ccccc89)cc7)(C3)C6(C5)C4)cc2)c2cccc3ccccc23)cc1. The summed E-state index contributed by atoms with van der Waals surface area (Å²) in [6.07, 6.45) is 8.11. The Morgan fingerprint density at radius 1 is 0.386 bits per heavy atom. The van der Waals surface area contributed by atoms with Crippen molar-refractivity contribution in [3.05, 3.63) is 205 Å². The largest absolute Gasteiger partial charge is 0.310 e. The molecule has 0 aliphatic heterocycles. The molecule has 5 unspecified atom stereocenters. The summed E-state index contributed by atoms with van der Waals surface area (Å²) in [4.78, 5) is 4.89. The standard InChI is InChI=1S/C55H46N2/c1-3-17-45(18-4-1)56(51-23-11-15-40-13-7-9-21-49(40)51)47-29-25-42(26-30-47)53-34-39-33-44-36-55(38-53,54(44,35-39)37-53)43-27-31-48(32-28-43)57(46-19-5-2-6-20-46)52-24-12-16-41-14-8-10-22-50(41)52/h1-32,39,44H,33-38H2. The lowest BCUT2D eigenvalue weighted by Crippen LogP contribution is -2.55. The predicted octanol–water partition coefficient (Wildman–Crippen LogP) is 14.7. The molecule has 2 nitrogen and oxygen atoms in total. The fraction of sp³-hybridized carbons (Fsp3) is 0.200. The van der Waals surface area contributed by atoms with Gasteiger partial charge in [0.2, 0.25) is 0 Å². The molecule has 276 valence electrons. The number of anilines is 6. The van der Waals surface area contributed by atoms with E-state index >= 15 is 0 Å². The van der Waals surface area contributed by atoms with Gasteiger partial charge >= 0.3 is 0 Å². The van der Waals surface area contributed by atoms with Crippen LogP contribution in [-0.4, -0.2) is 0 Å². The lowest BCUT2D eigenvalue weighted by Gasteiger charge is -2.59. The van der Waals surface area contributed by atoms with Gasteiger partial charge in [0.15, 0.2) is 0 Å². The number of nitrogens with zero attached hydrogens (tertiary/aromatic N) is 2. The van der Waals surface area contributed by atoms with Gasteiger partial charge in [0.25, 0.3) is 0 Å². The molecule has 0 N–H and O–H groups in total. The Balaban J connectivity index is 0.913. The van der Waals surface area contributed by atoms with E-state index in [2.05, 4.69) is 204 Å². The van der Waals surface area contributed by atoms with Gasteiger partial charge in [0, 0.05) is 38.9 Å². The zero-order valence-corrected chi connectivity index (χ0v) is 32.3. The van der Waals surface area contributed by atoms with Crippen LogP contribution < -0.4 is 9.80 Å². The van der Waals surface area contributed by atoms with Crippen LogP contribution in [0.1, 0.15) is 49.7 Å². The molecule has 1 spiro atoms. The average Bonchev–Trinajstić information content (AvgIpc) is 3.59. The highest BCUT2D eigenvalue weighted by molar-refractivity contribution is 6.00. The first-order chi connectivity index (χ1) is 28.1. The van der Waals surface area contributed by atoms with E-state index in [9.17, 15) is 0 Å². The summed E-state index contributed by atoms with van der Waals surface area (Å²) in [5.41, 5.74) is 11.3. The molecule has 0 amide bonds. The molecule has 5 atom stereocenters. The summed E-state index contributed by atoms with van der Waals surface area (Å²) in [6, 6.07) is 72.4. The molecule has 0 heterocycles. The molecular formula is C55H46N2. The summed E-state index contributed by atoms with van der Waals surface area (Å²) in [5.74, 6) is 1.70. The third kappa shape index (κ3) is 4.83. The van der Waals surface area contributed by atoms with Crippen molar-refractivity contribution < 1.29 is 0 Å². The second-order valence-electron chi connectivity index (χ2n) is 17.7. The van der Waals surface area contributed by atoms with Crippen LogP contribution in [0.5, 0.6) is 0 Å². The number of rotatable bonds is 8. The van der Waals surface area contributed by atoms with E-state index in [1.54, 1.807) is 11.1 Å². The smallest absolute Gasteiger partial charge is 0.0540 e. The number of benzene rings is 8. The van der Waals surface area contributed by atoms with Gasteiger partial charge in [-0.2, -0.15) is 0 Å². The predicted molar refractivity (Wildman–Crippen MR) is 238 cm³/mol. The van der Waals surface area contributed by atoms with E-state index in [4.69, 9.17) is 0 Å². The Kier molecular flexibility index (Phi) is 7.21. The minimum atomic E-state index is 0.224. The van der Waals surface area contributed by atoms with Crippen LogP contribution in [-0.2, 0) is 10.8 Å². The van der Waals surface area contributed by atoms with Crippen LogP contribution in [0.25, 0.3) is 21.5 Å². The van der Waals surface area contributed by atoms with E-state index < -0.39 is 0 Å². The minimum absolute atomic E-state index is 0.224. The highest BCUT2D eigenvalue weighted by atomic mass is 15.1. The van der Waals surface area contributed by atoms with Crippen LogP contribution in [0.2, 0.25) is 0 Å². The topological polar surface area (TPSA) is 6.48 Å². The van der Waals surface area contributed by atoms with E-state index in [-0.39, 0.29) is 10.8 Å². The van der Waals surface area contributed by atoms with Gasteiger partial charge in [-0.25, -0.2) is 0 Å². The molecule has 4 fully saturated rings. The van der Waals surface area contributed by atoms with Crippen molar-refractivity contribution in [2.75, 3.05) is 9.80 Å². The van der Waals surface area contributed by atoms with Gasteiger partial charge < -0.3 is 9.80 Å². The Hall–Kier alpha value is -6.12. The lowest BCUT2D eigenvalue weighted by atomic mass is 9.44. The van der Waals surface area contributed by atoms with E-state index in [0.29, 0.717) is 5.41 Å². The Morgan fingerprint density at radius 3 is 1.42 bits per heavy atom. The molecule has 8 aromatic carbocycles. The maximum absolute atomic E-state index is 2.52. The van der Waals surface area contributed by atoms with E-state index in [1.807, 2.05) is 0 Å². The number of hydrogen-bond donors (Lipinski definition) is 0. The zero-order valence-electron chi connectivity index (χ0n) is 32.3. The summed E-state index contributed by atoms with van der Waals surface area (Å²) < 4.78 is 0. The maximum Gasteiger partial charge on any atom is 0.0540 e. The number of hydrogen-bond acceptors (Lipinski definition) is 2. The quantitative estimate of drug-likeness (QED) is 0.153. The van der Waals surface area contributed by atoms with Crippen molar-refractivity contribution in [2.24, 2.45) is 17.3 Å². The summed E-state index contributed by atoms with van der Waals surface area (Å²) in [7, 11) is 0. The average molecular weight is 735 g/mol. The van der Waals surface area contributed by atoms with Gasteiger partial charge in [0.05, 0.1) is 11.4 Å². The summed E-state index contributed by atoms with van der Waals surface area (Å²) >= 11 is 0. The molecule has 0 radical (unpaired) electrons. The highest BCUT2D eigenvalue weighted by Gasteiger charge is 2.78. The third-order valence-corrected chi connectivity index (χ3v) is 15.0. The summed E-state index contributed by atoms with van der Waals surface area (Å²) in [5, 5.41) is 5.06. The first kappa shape index (κ1) is 33.1. The zero-order chi connectivity index (χ0) is 37.6. The fourth-order valence-electron chi connectivity index (χ4n) is 13.0. The molecular weight excluding hydrogens is 689 g/mol. The molecule has 8 aromatic rings. The van der Waals surface area contributed by atoms with Gasteiger partial charge in [-0.15, -0.1) is 0 Å². The molecule has 4 aliphatic rings. The van der Waals surface area contributed by atoms with Crippen molar-refractivity contribution in [2.45, 2.75) is 49.4 Å². The molecule has 57 heavy (non-hydrogen) atoms. The van der Waals surface area contributed by atoms with Crippen molar-refractivity contribution in [1.82, 2.24) is 0 Å². The van der Waals surface area contributed by atoms with E-state index in [0.717, 1.165) is 11.8 Å². The van der Waals surface area contributed by atoms with Gasteiger partial charge in [-0.3, -0.25) is 0 Å². The van der Waals surface area contributed by atoms with E-state index in [1.165, 1.54) is 94.2 Å². The molecule has 0 aromatic heterocycles. The molecule has 12 rings (SSSR count). The molecule has 0 saturated heterocycles. The first-order valence-corrected chi connectivity index (χ1v) is 21.0. The molecule has 4 aliphatic carbocycles. The normalized spacial score (nSPS) is 25.3. The van der Waals surface area contributed by atoms with Crippen molar-refractivity contribution >= 4 is 55.7 Å². The fourth-order valence-corrected chi connectivity index (χ4v) is 13.0. The van der Waals surface area contributed by atoms with Crippen LogP contribution in [0, 0.1) is 17.3 Å². The number of fused-ring (bicyclic) bond motifs is 4. The van der Waals surface area contributed by atoms with Crippen molar-refractivity contribution in [3.8, 4) is 0 Å².